The molecule has 1 aliphatic rings. The molecule has 0 aromatic carbocycles. The highest BCUT2D eigenvalue weighted by Gasteiger charge is 2.30. The Morgan fingerprint density at radius 1 is 1.39 bits per heavy atom. The van der Waals surface area contributed by atoms with E-state index in [0.29, 0.717) is 12.8 Å². The van der Waals surface area contributed by atoms with Gasteiger partial charge in [-0.3, -0.25) is 0 Å². The Kier molecular flexibility index (Phi) is 5.40. The van der Waals surface area contributed by atoms with Gasteiger partial charge in [-0.2, -0.15) is 0 Å². The molecule has 6 nitrogen and oxygen atoms in total. The SMILES string of the molecule is CCC(NC(=O)N(C)C1CCCCC1O)C(=O)O. The fourth-order valence-corrected chi connectivity index (χ4v) is 2.28. The largest absolute Gasteiger partial charge is 0.480 e. The number of nitrogens with one attached hydrogen (secondary N) is 1. The molecular weight excluding hydrogens is 236 g/mol. The highest BCUT2D eigenvalue weighted by molar-refractivity contribution is 5.82. The van der Waals surface area contributed by atoms with Gasteiger partial charge in [-0.1, -0.05) is 19.8 Å². The van der Waals surface area contributed by atoms with Crippen LogP contribution < -0.4 is 5.32 Å². The van der Waals surface area contributed by atoms with Crippen molar-refractivity contribution in [3.05, 3.63) is 0 Å². The molecule has 0 spiro atoms. The van der Waals surface area contributed by atoms with Crippen LogP contribution in [-0.2, 0) is 4.79 Å². The van der Waals surface area contributed by atoms with E-state index in [1.807, 2.05) is 0 Å². The second kappa shape index (κ2) is 6.58. The number of hydrogen-bond donors (Lipinski definition) is 3. The Bertz CT molecular complexity index is 308. The summed E-state index contributed by atoms with van der Waals surface area (Å²) in [5.41, 5.74) is 0. The highest BCUT2D eigenvalue weighted by atomic mass is 16.4. The average Bonchev–Trinajstić information content (AvgIpc) is 2.35. The van der Waals surface area contributed by atoms with Gasteiger partial charge in [-0.15, -0.1) is 0 Å². The quantitative estimate of drug-likeness (QED) is 0.695. The summed E-state index contributed by atoms with van der Waals surface area (Å²) >= 11 is 0. The molecule has 0 bridgehead atoms. The molecule has 1 saturated carbocycles. The van der Waals surface area contributed by atoms with Gasteiger partial charge in [0.15, 0.2) is 0 Å². The van der Waals surface area contributed by atoms with E-state index < -0.39 is 24.1 Å². The Morgan fingerprint density at radius 3 is 2.50 bits per heavy atom. The normalized spacial score (nSPS) is 25.3. The van der Waals surface area contributed by atoms with Crippen molar-refractivity contribution in [3.63, 3.8) is 0 Å². The standard InChI is InChI=1S/C12H22N2O4/c1-3-8(11(16)17)13-12(18)14(2)9-6-4-5-7-10(9)15/h8-10,15H,3-7H2,1-2H3,(H,13,18)(H,16,17). The van der Waals surface area contributed by atoms with Crippen LogP contribution >= 0.6 is 0 Å². The first-order valence-corrected chi connectivity index (χ1v) is 6.41. The second-order valence-corrected chi connectivity index (χ2v) is 4.78. The van der Waals surface area contributed by atoms with Gasteiger partial charge in [0.2, 0.25) is 0 Å². The van der Waals surface area contributed by atoms with E-state index in [1.165, 1.54) is 4.90 Å². The molecule has 1 rings (SSSR count). The van der Waals surface area contributed by atoms with E-state index >= 15 is 0 Å². The van der Waals surface area contributed by atoms with Crippen molar-refractivity contribution in [3.8, 4) is 0 Å². The number of rotatable bonds is 4. The maximum absolute atomic E-state index is 11.9. The molecule has 3 atom stereocenters. The number of carbonyl (C=O) groups is 2. The van der Waals surface area contributed by atoms with E-state index in [1.54, 1.807) is 14.0 Å². The Morgan fingerprint density at radius 2 is 2.00 bits per heavy atom. The molecule has 104 valence electrons. The molecule has 3 N–H and O–H groups in total. The van der Waals surface area contributed by atoms with Gasteiger partial charge in [-0.05, 0) is 19.3 Å². The Labute approximate surface area is 107 Å². The first-order valence-electron chi connectivity index (χ1n) is 6.41. The summed E-state index contributed by atoms with van der Waals surface area (Å²) in [6.07, 6.45) is 3.23. The minimum atomic E-state index is -1.04. The fraction of sp³-hybridized carbons (Fsp3) is 0.833. The molecule has 0 saturated heterocycles. The summed E-state index contributed by atoms with van der Waals surface area (Å²) in [5, 5.41) is 21.2. The predicted molar refractivity (Wildman–Crippen MR) is 66.3 cm³/mol. The van der Waals surface area contributed by atoms with Crippen LogP contribution in [0.2, 0.25) is 0 Å². The third-order valence-electron chi connectivity index (χ3n) is 3.52. The molecule has 18 heavy (non-hydrogen) atoms. The summed E-state index contributed by atoms with van der Waals surface area (Å²) in [7, 11) is 1.60. The third-order valence-corrected chi connectivity index (χ3v) is 3.52. The van der Waals surface area contributed by atoms with Crippen molar-refractivity contribution < 1.29 is 19.8 Å². The van der Waals surface area contributed by atoms with E-state index in [4.69, 9.17) is 5.11 Å². The van der Waals surface area contributed by atoms with Crippen LogP contribution in [0.4, 0.5) is 4.79 Å². The number of likely N-dealkylation sites (N-methyl/N-ethyl adjacent to an activating group) is 1. The van der Waals surface area contributed by atoms with Gasteiger partial charge in [-0.25, -0.2) is 9.59 Å². The van der Waals surface area contributed by atoms with Crippen LogP contribution in [0.25, 0.3) is 0 Å². The lowest BCUT2D eigenvalue weighted by Crippen LogP contribution is -2.53. The molecule has 6 heteroatoms. The molecule has 3 unspecified atom stereocenters. The Balaban J connectivity index is 2.57. The minimum absolute atomic E-state index is 0.218. The number of aliphatic carboxylic acids is 1. The summed E-state index contributed by atoms with van der Waals surface area (Å²) in [5.74, 6) is -1.04. The van der Waals surface area contributed by atoms with Crippen LogP contribution in [0.15, 0.2) is 0 Å². The fourth-order valence-electron chi connectivity index (χ4n) is 2.28. The molecule has 0 aliphatic heterocycles. The van der Waals surface area contributed by atoms with Crippen LogP contribution in [0.1, 0.15) is 39.0 Å². The van der Waals surface area contributed by atoms with Gasteiger partial charge in [0.1, 0.15) is 6.04 Å². The lowest BCUT2D eigenvalue weighted by Gasteiger charge is -2.35. The number of carboxylic acids is 1. The maximum atomic E-state index is 11.9. The zero-order chi connectivity index (χ0) is 13.7. The van der Waals surface area contributed by atoms with Gasteiger partial charge >= 0.3 is 12.0 Å². The number of aliphatic hydroxyl groups is 1. The minimum Gasteiger partial charge on any atom is -0.480 e. The van der Waals surface area contributed by atoms with E-state index in [-0.39, 0.29) is 6.04 Å². The van der Waals surface area contributed by atoms with Crippen molar-refractivity contribution in [2.45, 2.75) is 57.2 Å². The predicted octanol–water partition coefficient (Wildman–Crippen LogP) is 0.794. The third kappa shape index (κ3) is 3.60. The number of aliphatic hydroxyl groups excluding tert-OH is 1. The topological polar surface area (TPSA) is 89.9 Å². The van der Waals surface area contributed by atoms with Crippen LogP contribution in [0.3, 0.4) is 0 Å². The van der Waals surface area contributed by atoms with Gasteiger partial charge < -0.3 is 20.4 Å². The van der Waals surface area contributed by atoms with Crippen molar-refractivity contribution in [2.75, 3.05) is 7.05 Å². The smallest absolute Gasteiger partial charge is 0.326 e. The zero-order valence-electron chi connectivity index (χ0n) is 10.9. The molecule has 1 fully saturated rings. The molecule has 0 aromatic rings. The maximum Gasteiger partial charge on any atom is 0.326 e. The zero-order valence-corrected chi connectivity index (χ0v) is 10.9. The van der Waals surface area contributed by atoms with Crippen LogP contribution in [0.5, 0.6) is 0 Å². The van der Waals surface area contributed by atoms with Gasteiger partial charge in [0.25, 0.3) is 0 Å². The molecule has 0 radical (unpaired) electrons. The molecule has 0 heterocycles. The molecule has 0 aromatic heterocycles. The summed E-state index contributed by atoms with van der Waals surface area (Å²) < 4.78 is 0. The van der Waals surface area contributed by atoms with Gasteiger partial charge in [0, 0.05) is 7.05 Å². The number of nitrogens with zero attached hydrogens (tertiary/aromatic N) is 1. The van der Waals surface area contributed by atoms with Gasteiger partial charge in [0.05, 0.1) is 12.1 Å². The first-order chi connectivity index (χ1) is 8.47. The lowest BCUT2D eigenvalue weighted by atomic mass is 9.92. The molecule has 2 amide bonds. The monoisotopic (exact) mass is 258 g/mol. The van der Waals surface area contributed by atoms with Crippen molar-refractivity contribution in [1.29, 1.82) is 0 Å². The van der Waals surface area contributed by atoms with Crippen molar-refractivity contribution in [2.24, 2.45) is 0 Å². The number of carboxylic acid groups (broad SMARTS) is 1. The van der Waals surface area contributed by atoms with E-state index in [9.17, 15) is 14.7 Å². The van der Waals surface area contributed by atoms with Crippen LogP contribution in [0, 0.1) is 0 Å². The highest BCUT2D eigenvalue weighted by Crippen LogP contribution is 2.22. The van der Waals surface area contributed by atoms with E-state index in [0.717, 1.165) is 19.3 Å². The van der Waals surface area contributed by atoms with E-state index in [2.05, 4.69) is 5.32 Å². The summed E-state index contributed by atoms with van der Waals surface area (Å²) in [6, 6.07) is -1.53. The van der Waals surface area contributed by atoms with Crippen molar-refractivity contribution >= 4 is 12.0 Å². The number of urea groups is 1. The average molecular weight is 258 g/mol. The second-order valence-electron chi connectivity index (χ2n) is 4.78. The van der Waals surface area contributed by atoms with Crippen LogP contribution in [-0.4, -0.2) is 52.3 Å². The molecular formula is C12H22N2O4. The number of carbonyl (C=O) groups excluding carboxylic acids is 1. The lowest BCUT2D eigenvalue weighted by molar-refractivity contribution is -0.139. The Hall–Kier alpha value is -1.30. The summed E-state index contributed by atoms with van der Waals surface area (Å²) in [6.45, 7) is 1.70. The number of amides is 2. The number of hydrogen-bond acceptors (Lipinski definition) is 3. The summed E-state index contributed by atoms with van der Waals surface area (Å²) in [4.78, 5) is 24.2. The first kappa shape index (κ1) is 14.8. The van der Waals surface area contributed by atoms with Crippen molar-refractivity contribution in [1.82, 2.24) is 10.2 Å². The molecule has 1 aliphatic carbocycles.